The molecular weight excluding hydrogens is 320 g/mol. The zero-order chi connectivity index (χ0) is 16.4. The molecule has 0 bridgehead atoms. The molecule has 5 nitrogen and oxygen atoms in total. The summed E-state index contributed by atoms with van der Waals surface area (Å²) in [5.74, 6) is 1.19. The van der Waals surface area contributed by atoms with Crippen LogP contribution in [0.2, 0.25) is 0 Å². The van der Waals surface area contributed by atoms with E-state index < -0.39 is 0 Å². The van der Waals surface area contributed by atoms with Crippen molar-refractivity contribution >= 4 is 33.3 Å². The highest BCUT2D eigenvalue weighted by atomic mass is 32.1. The Labute approximate surface area is 144 Å². The molecule has 0 N–H and O–H groups in total. The van der Waals surface area contributed by atoms with Crippen molar-refractivity contribution in [3.8, 4) is 0 Å². The summed E-state index contributed by atoms with van der Waals surface area (Å²) in [5, 5.41) is 2.04. The van der Waals surface area contributed by atoms with Crippen molar-refractivity contribution in [2.45, 2.75) is 6.42 Å². The third-order valence-electron chi connectivity index (χ3n) is 4.35. The number of carbonyl (C=O) groups is 1. The van der Waals surface area contributed by atoms with E-state index in [1.807, 2.05) is 46.7 Å². The largest absolute Gasteiger partial charge is 0.352 e. The lowest BCUT2D eigenvalue weighted by Gasteiger charge is -2.35. The Bertz CT molecular complexity index is 840. The molecule has 3 heterocycles. The van der Waals surface area contributed by atoms with E-state index in [9.17, 15) is 4.79 Å². The molecule has 1 fully saturated rings. The number of rotatable bonds is 3. The van der Waals surface area contributed by atoms with Crippen LogP contribution in [-0.2, 0) is 11.2 Å². The topological polar surface area (TPSA) is 49.3 Å². The minimum absolute atomic E-state index is 0.199. The standard InChI is InChI=1S/C18H18N4OS/c23-16(12-14-4-2-1-3-5-14)21-7-9-22(10-8-21)18-17-15(6-11-24-17)19-13-20-18/h1-6,11,13H,7-10,12H2. The molecule has 24 heavy (non-hydrogen) atoms. The second kappa shape index (κ2) is 6.57. The Morgan fingerprint density at radius 2 is 1.83 bits per heavy atom. The van der Waals surface area contributed by atoms with Crippen LogP contribution in [0, 0.1) is 0 Å². The van der Waals surface area contributed by atoms with Gasteiger partial charge < -0.3 is 9.80 Å². The minimum Gasteiger partial charge on any atom is -0.352 e. The minimum atomic E-state index is 0.199. The van der Waals surface area contributed by atoms with Crippen LogP contribution in [0.4, 0.5) is 5.82 Å². The zero-order valence-corrected chi connectivity index (χ0v) is 14.1. The van der Waals surface area contributed by atoms with E-state index in [1.165, 1.54) is 0 Å². The molecule has 3 aromatic rings. The fourth-order valence-electron chi connectivity index (χ4n) is 3.05. The van der Waals surface area contributed by atoms with Crippen LogP contribution in [0.1, 0.15) is 5.56 Å². The van der Waals surface area contributed by atoms with Gasteiger partial charge in [-0.05, 0) is 17.0 Å². The average molecular weight is 338 g/mol. The maximum atomic E-state index is 12.5. The van der Waals surface area contributed by atoms with Crippen LogP contribution < -0.4 is 4.90 Å². The molecule has 1 aromatic carbocycles. The number of carbonyl (C=O) groups excluding carboxylic acids is 1. The highest BCUT2D eigenvalue weighted by Crippen LogP contribution is 2.28. The van der Waals surface area contributed by atoms with E-state index in [0.717, 1.165) is 47.8 Å². The molecule has 0 aliphatic carbocycles. The molecule has 0 atom stereocenters. The Morgan fingerprint density at radius 1 is 1.04 bits per heavy atom. The van der Waals surface area contributed by atoms with Gasteiger partial charge in [0.2, 0.25) is 5.91 Å². The summed E-state index contributed by atoms with van der Waals surface area (Å²) in [7, 11) is 0. The monoisotopic (exact) mass is 338 g/mol. The van der Waals surface area contributed by atoms with Crippen LogP contribution in [-0.4, -0.2) is 47.0 Å². The molecule has 1 amide bonds. The maximum absolute atomic E-state index is 12.5. The first-order chi connectivity index (χ1) is 11.8. The third kappa shape index (κ3) is 2.97. The van der Waals surface area contributed by atoms with Gasteiger partial charge in [-0.2, -0.15) is 0 Å². The lowest BCUT2D eigenvalue weighted by atomic mass is 10.1. The number of piperazine rings is 1. The summed E-state index contributed by atoms with van der Waals surface area (Å²) in [6.45, 7) is 3.10. The van der Waals surface area contributed by atoms with Crippen molar-refractivity contribution in [2.75, 3.05) is 31.1 Å². The van der Waals surface area contributed by atoms with Crippen molar-refractivity contribution in [1.29, 1.82) is 0 Å². The van der Waals surface area contributed by atoms with E-state index in [4.69, 9.17) is 0 Å². The summed E-state index contributed by atoms with van der Waals surface area (Å²) in [5.41, 5.74) is 2.06. The first kappa shape index (κ1) is 15.1. The van der Waals surface area contributed by atoms with Crippen LogP contribution >= 0.6 is 11.3 Å². The van der Waals surface area contributed by atoms with Crippen LogP contribution in [0.15, 0.2) is 48.1 Å². The molecule has 4 rings (SSSR count). The molecule has 0 spiro atoms. The molecule has 1 aliphatic rings. The molecule has 0 radical (unpaired) electrons. The SMILES string of the molecule is O=C(Cc1ccccc1)N1CCN(c2ncnc3ccsc23)CC1. The molecule has 1 aliphatic heterocycles. The number of hydrogen-bond acceptors (Lipinski definition) is 5. The van der Waals surface area contributed by atoms with E-state index in [-0.39, 0.29) is 5.91 Å². The molecule has 122 valence electrons. The van der Waals surface area contributed by atoms with Gasteiger partial charge in [0.25, 0.3) is 0 Å². The molecule has 1 saturated heterocycles. The summed E-state index contributed by atoms with van der Waals surface area (Å²) >= 11 is 1.67. The highest BCUT2D eigenvalue weighted by Gasteiger charge is 2.23. The molecule has 6 heteroatoms. The number of aromatic nitrogens is 2. The number of anilines is 1. The number of thiophene rings is 1. The van der Waals surface area contributed by atoms with Gasteiger partial charge in [0.1, 0.15) is 12.1 Å². The van der Waals surface area contributed by atoms with Crippen molar-refractivity contribution in [3.05, 3.63) is 53.7 Å². The molecule has 2 aromatic heterocycles. The van der Waals surface area contributed by atoms with Gasteiger partial charge in [-0.25, -0.2) is 9.97 Å². The Balaban J connectivity index is 1.41. The third-order valence-corrected chi connectivity index (χ3v) is 5.25. The lowest BCUT2D eigenvalue weighted by molar-refractivity contribution is -0.130. The highest BCUT2D eigenvalue weighted by molar-refractivity contribution is 7.17. The Morgan fingerprint density at radius 3 is 2.62 bits per heavy atom. The van der Waals surface area contributed by atoms with Crippen molar-refractivity contribution in [2.24, 2.45) is 0 Å². The fourth-order valence-corrected chi connectivity index (χ4v) is 3.91. The van der Waals surface area contributed by atoms with Gasteiger partial charge >= 0.3 is 0 Å². The van der Waals surface area contributed by atoms with Gasteiger partial charge in [0.15, 0.2) is 0 Å². The summed E-state index contributed by atoms with van der Waals surface area (Å²) < 4.78 is 1.13. The first-order valence-corrected chi connectivity index (χ1v) is 8.94. The number of amides is 1. The fraction of sp³-hybridized carbons (Fsp3) is 0.278. The van der Waals surface area contributed by atoms with E-state index >= 15 is 0 Å². The van der Waals surface area contributed by atoms with Gasteiger partial charge in [0.05, 0.1) is 16.6 Å². The second-order valence-corrected chi connectivity index (χ2v) is 6.78. The van der Waals surface area contributed by atoms with Crippen molar-refractivity contribution in [3.63, 3.8) is 0 Å². The van der Waals surface area contributed by atoms with Gasteiger partial charge in [-0.3, -0.25) is 4.79 Å². The van der Waals surface area contributed by atoms with Crippen molar-refractivity contribution in [1.82, 2.24) is 14.9 Å². The van der Waals surface area contributed by atoms with Gasteiger partial charge in [0, 0.05) is 26.2 Å². The molecule has 0 unspecified atom stereocenters. The Kier molecular flexibility index (Phi) is 4.13. The average Bonchev–Trinajstić information content (AvgIpc) is 3.11. The quantitative estimate of drug-likeness (QED) is 0.736. The Hall–Kier alpha value is -2.47. The number of fused-ring (bicyclic) bond motifs is 1. The first-order valence-electron chi connectivity index (χ1n) is 8.06. The summed E-state index contributed by atoms with van der Waals surface area (Å²) in [4.78, 5) is 25.4. The number of nitrogens with zero attached hydrogens (tertiary/aromatic N) is 4. The summed E-state index contributed by atoms with van der Waals surface area (Å²) in [6, 6.07) is 11.9. The normalized spacial score (nSPS) is 15.0. The lowest BCUT2D eigenvalue weighted by Crippen LogP contribution is -2.49. The number of hydrogen-bond donors (Lipinski definition) is 0. The molecular formula is C18H18N4OS. The van der Waals surface area contributed by atoms with Crippen LogP contribution in [0.25, 0.3) is 10.2 Å². The van der Waals surface area contributed by atoms with E-state index in [0.29, 0.717) is 6.42 Å². The zero-order valence-electron chi connectivity index (χ0n) is 13.3. The van der Waals surface area contributed by atoms with Crippen LogP contribution in [0.5, 0.6) is 0 Å². The predicted octanol–water partition coefficient (Wildman–Crippen LogP) is 2.58. The number of benzene rings is 1. The maximum Gasteiger partial charge on any atom is 0.227 e. The van der Waals surface area contributed by atoms with Gasteiger partial charge in [-0.15, -0.1) is 11.3 Å². The summed E-state index contributed by atoms with van der Waals surface area (Å²) in [6.07, 6.45) is 2.10. The van der Waals surface area contributed by atoms with Crippen molar-refractivity contribution < 1.29 is 4.79 Å². The van der Waals surface area contributed by atoms with Gasteiger partial charge in [-0.1, -0.05) is 30.3 Å². The van der Waals surface area contributed by atoms with E-state index in [1.54, 1.807) is 17.7 Å². The molecule has 0 saturated carbocycles. The predicted molar refractivity (Wildman–Crippen MR) is 96.4 cm³/mol. The van der Waals surface area contributed by atoms with Crippen LogP contribution in [0.3, 0.4) is 0 Å². The second-order valence-electron chi connectivity index (χ2n) is 5.86. The smallest absolute Gasteiger partial charge is 0.227 e. The van der Waals surface area contributed by atoms with E-state index in [2.05, 4.69) is 14.9 Å².